The largest absolute Gasteiger partial charge is 0.496 e. The highest BCUT2D eigenvalue weighted by Crippen LogP contribution is 2.30. The fourth-order valence-corrected chi connectivity index (χ4v) is 6.16. The van der Waals surface area contributed by atoms with Crippen molar-refractivity contribution in [2.75, 3.05) is 24.7 Å². The highest BCUT2D eigenvalue weighted by molar-refractivity contribution is 7.89. The van der Waals surface area contributed by atoms with Gasteiger partial charge in [0.05, 0.1) is 18.4 Å². The summed E-state index contributed by atoms with van der Waals surface area (Å²) in [5.74, 6) is 2.20. The third kappa shape index (κ3) is 4.53. The van der Waals surface area contributed by atoms with Gasteiger partial charge in [-0.25, -0.2) is 13.4 Å². The quantitative estimate of drug-likeness (QED) is 0.534. The molecule has 11 heteroatoms. The Kier molecular flexibility index (Phi) is 6.28. The van der Waals surface area contributed by atoms with Gasteiger partial charge in [-0.15, -0.1) is 10.2 Å². The third-order valence-electron chi connectivity index (χ3n) is 6.43. The first kappa shape index (κ1) is 23.4. The molecule has 0 saturated heterocycles. The first-order valence-electron chi connectivity index (χ1n) is 11.8. The molecule has 0 aliphatic carbocycles. The van der Waals surface area contributed by atoms with Crippen LogP contribution in [0.2, 0.25) is 0 Å². The van der Waals surface area contributed by atoms with Crippen molar-refractivity contribution in [1.29, 1.82) is 0 Å². The number of benzene rings is 1. The van der Waals surface area contributed by atoms with Crippen LogP contribution in [0.3, 0.4) is 0 Å². The fraction of sp³-hybridized carbons (Fsp3) is 0.417. The lowest BCUT2D eigenvalue weighted by Gasteiger charge is -2.29. The van der Waals surface area contributed by atoms with Crippen molar-refractivity contribution in [3.8, 4) is 17.3 Å². The predicted molar refractivity (Wildman–Crippen MR) is 131 cm³/mol. The minimum atomic E-state index is -3.33. The van der Waals surface area contributed by atoms with Crippen LogP contribution in [0.4, 0.5) is 5.82 Å². The van der Waals surface area contributed by atoms with E-state index in [-0.39, 0.29) is 18.2 Å². The molecule has 0 unspecified atom stereocenters. The minimum absolute atomic E-state index is 0.114. The van der Waals surface area contributed by atoms with Crippen LogP contribution in [-0.4, -0.2) is 57.8 Å². The second-order valence-electron chi connectivity index (χ2n) is 8.78. The molecule has 0 atom stereocenters. The van der Waals surface area contributed by atoms with E-state index in [0.29, 0.717) is 48.0 Å². The van der Waals surface area contributed by atoms with Gasteiger partial charge in [0.25, 0.3) is 5.91 Å². The van der Waals surface area contributed by atoms with Crippen LogP contribution in [0, 0.1) is 0 Å². The zero-order chi connectivity index (χ0) is 24.6. The maximum atomic E-state index is 13.2. The zero-order valence-electron chi connectivity index (χ0n) is 19.8. The lowest BCUT2D eigenvalue weighted by molar-refractivity contribution is 0.102. The normalized spacial score (nSPS) is 15.5. The number of hydrogen-bond acceptors (Lipinski definition) is 7. The summed E-state index contributed by atoms with van der Waals surface area (Å²) < 4.78 is 34.2. The van der Waals surface area contributed by atoms with E-state index in [2.05, 4.69) is 25.1 Å². The van der Waals surface area contributed by atoms with Gasteiger partial charge in [-0.1, -0.05) is 13.0 Å². The molecule has 4 heterocycles. The highest BCUT2D eigenvalue weighted by atomic mass is 32.2. The molecule has 0 saturated carbocycles. The van der Waals surface area contributed by atoms with Crippen molar-refractivity contribution in [2.45, 2.75) is 45.7 Å². The molecule has 0 radical (unpaired) electrons. The molecule has 3 aromatic rings. The van der Waals surface area contributed by atoms with E-state index in [1.807, 2.05) is 25.1 Å². The van der Waals surface area contributed by atoms with Gasteiger partial charge >= 0.3 is 0 Å². The SMILES string of the molecule is CCCS(=O)(=O)N1CCc2cc(OC)c(C(=O)Nc3cccc(-c4nnc5n4CCC5)n3)cc2C1. The van der Waals surface area contributed by atoms with Gasteiger partial charge in [-0.2, -0.15) is 4.31 Å². The molecule has 10 nitrogen and oxygen atoms in total. The number of fused-ring (bicyclic) bond motifs is 2. The Labute approximate surface area is 204 Å². The number of hydrogen-bond donors (Lipinski definition) is 1. The molecule has 0 bridgehead atoms. The Balaban J connectivity index is 1.40. The predicted octanol–water partition coefficient (Wildman–Crippen LogP) is 2.65. The topological polar surface area (TPSA) is 119 Å². The standard InChI is InChI=1S/C24H28N6O4S/c1-3-12-35(32,33)29-11-9-16-14-20(34-2)18(13-17(16)15-29)24(31)26-21-7-4-6-19(25-21)23-28-27-22-8-5-10-30(22)23/h4,6-7,13-14H,3,5,8-12,15H2,1-2H3,(H,25,26,31). The van der Waals surface area contributed by atoms with E-state index in [4.69, 9.17) is 4.74 Å². The number of rotatable bonds is 7. The molecule has 0 spiro atoms. The highest BCUT2D eigenvalue weighted by Gasteiger charge is 2.28. The van der Waals surface area contributed by atoms with E-state index < -0.39 is 10.0 Å². The van der Waals surface area contributed by atoms with Crippen molar-refractivity contribution < 1.29 is 17.9 Å². The molecule has 2 aliphatic rings. The molecule has 184 valence electrons. The zero-order valence-corrected chi connectivity index (χ0v) is 20.6. The van der Waals surface area contributed by atoms with E-state index in [1.165, 1.54) is 11.4 Å². The van der Waals surface area contributed by atoms with E-state index in [0.717, 1.165) is 36.3 Å². The van der Waals surface area contributed by atoms with Crippen LogP contribution in [0.15, 0.2) is 30.3 Å². The number of ether oxygens (including phenoxy) is 1. The first-order chi connectivity index (χ1) is 16.9. The number of sulfonamides is 1. The number of anilines is 1. The smallest absolute Gasteiger partial charge is 0.260 e. The second-order valence-corrected chi connectivity index (χ2v) is 10.9. The third-order valence-corrected chi connectivity index (χ3v) is 8.45. The molecular formula is C24H28N6O4S. The van der Waals surface area contributed by atoms with E-state index in [9.17, 15) is 13.2 Å². The van der Waals surface area contributed by atoms with Crippen LogP contribution < -0.4 is 10.1 Å². The van der Waals surface area contributed by atoms with Crippen molar-refractivity contribution in [1.82, 2.24) is 24.1 Å². The molecule has 1 aromatic carbocycles. The number of carbonyl (C=O) groups excluding carboxylic acids is 1. The maximum absolute atomic E-state index is 13.2. The van der Waals surface area contributed by atoms with Gasteiger partial charge in [-0.05, 0) is 54.7 Å². The number of amides is 1. The summed E-state index contributed by atoms with van der Waals surface area (Å²) in [5.41, 5.74) is 2.76. The summed E-state index contributed by atoms with van der Waals surface area (Å²) in [6, 6.07) is 8.93. The number of aromatic nitrogens is 4. The van der Waals surface area contributed by atoms with Crippen LogP contribution in [0.25, 0.3) is 11.5 Å². The summed E-state index contributed by atoms with van der Waals surface area (Å²) in [7, 11) is -1.81. The molecule has 0 fully saturated rings. The lowest BCUT2D eigenvalue weighted by atomic mass is 9.97. The Morgan fingerprint density at radius 2 is 2.00 bits per heavy atom. The number of nitrogens with zero attached hydrogens (tertiary/aromatic N) is 5. The molecule has 1 N–H and O–H groups in total. The Bertz CT molecular complexity index is 1380. The number of aryl methyl sites for hydroxylation is 1. The number of methoxy groups -OCH3 is 1. The first-order valence-corrected chi connectivity index (χ1v) is 13.4. The van der Waals surface area contributed by atoms with Gasteiger partial charge in [0.2, 0.25) is 10.0 Å². The van der Waals surface area contributed by atoms with Gasteiger partial charge in [0, 0.05) is 26.1 Å². The van der Waals surface area contributed by atoms with Crippen LogP contribution >= 0.6 is 0 Å². The molecule has 35 heavy (non-hydrogen) atoms. The second kappa shape index (κ2) is 9.38. The minimum Gasteiger partial charge on any atom is -0.496 e. The fourth-order valence-electron chi connectivity index (χ4n) is 4.68. The van der Waals surface area contributed by atoms with Gasteiger partial charge in [0.15, 0.2) is 5.82 Å². The van der Waals surface area contributed by atoms with Crippen molar-refractivity contribution in [2.24, 2.45) is 0 Å². The van der Waals surface area contributed by atoms with Crippen LogP contribution in [0.1, 0.15) is 47.1 Å². The number of pyridine rings is 1. The average Bonchev–Trinajstić information content (AvgIpc) is 3.47. The summed E-state index contributed by atoms with van der Waals surface area (Å²) in [4.78, 5) is 17.8. The van der Waals surface area contributed by atoms with Gasteiger partial charge < -0.3 is 14.6 Å². The molecular weight excluding hydrogens is 468 g/mol. The number of carbonyl (C=O) groups is 1. The summed E-state index contributed by atoms with van der Waals surface area (Å²) in [6.07, 6.45) is 3.07. The maximum Gasteiger partial charge on any atom is 0.260 e. The van der Waals surface area contributed by atoms with Crippen molar-refractivity contribution in [3.63, 3.8) is 0 Å². The number of nitrogens with one attached hydrogen (secondary N) is 1. The lowest BCUT2D eigenvalue weighted by Crippen LogP contribution is -2.37. The van der Waals surface area contributed by atoms with Crippen LogP contribution in [-0.2, 0) is 36.0 Å². The molecule has 1 amide bonds. The van der Waals surface area contributed by atoms with Gasteiger partial charge in [-0.3, -0.25) is 4.79 Å². The van der Waals surface area contributed by atoms with Gasteiger partial charge in [0.1, 0.15) is 23.1 Å². The Morgan fingerprint density at radius 3 is 2.80 bits per heavy atom. The molecule has 2 aromatic heterocycles. The van der Waals surface area contributed by atoms with E-state index in [1.54, 1.807) is 12.1 Å². The summed E-state index contributed by atoms with van der Waals surface area (Å²) in [6.45, 7) is 3.37. The monoisotopic (exact) mass is 496 g/mol. The van der Waals surface area contributed by atoms with E-state index >= 15 is 0 Å². The summed E-state index contributed by atoms with van der Waals surface area (Å²) >= 11 is 0. The average molecular weight is 497 g/mol. The molecule has 5 rings (SSSR count). The Hall–Kier alpha value is -3.31. The molecule has 2 aliphatic heterocycles. The Morgan fingerprint density at radius 1 is 1.14 bits per heavy atom. The summed E-state index contributed by atoms with van der Waals surface area (Å²) in [5, 5.41) is 11.4. The van der Waals surface area contributed by atoms with Crippen molar-refractivity contribution >= 4 is 21.7 Å². The van der Waals surface area contributed by atoms with Crippen molar-refractivity contribution in [3.05, 3.63) is 52.8 Å². The van der Waals surface area contributed by atoms with Crippen LogP contribution in [0.5, 0.6) is 5.75 Å².